The number of nitrogens with one attached hydrogen (secondary N) is 1. The zero-order chi connectivity index (χ0) is 19.7. The van der Waals surface area contributed by atoms with E-state index in [1.54, 1.807) is 0 Å². The summed E-state index contributed by atoms with van der Waals surface area (Å²) in [6, 6.07) is 1.63. The summed E-state index contributed by atoms with van der Waals surface area (Å²) < 4.78 is 64.7. The molecule has 0 spiro atoms. The average molecular weight is 380 g/mol. The van der Waals surface area contributed by atoms with E-state index in [0.29, 0.717) is 0 Å². The Morgan fingerprint density at radius 1 is 1.31 bits per heavy atom. The van der Waals surface area contributed by atoms with Crippen LogP contribution >= 0.6 is 0 Å². The molecule has 2 rings (SSSR count). The van der Waals surface area contributed by atoms with Crippen LogP contribution in [0.4, 0.5) is 22.0 Å². The normalized spacial score (nSPS) is 27.7. The molecule has 1 aromatic rings. The van der Waals surface area contributed by atoms with Crippen molar-refractivity contribution in [2.75, 3.05) is 7.05 Å². The first-order valence-corrected chi connectivity index (χ1v) is 7.81. The predicted molar refractivity (Wildman–Crippen MR) is 85.5 cm³/mol. The van der Waals surface area contributed by atoms with Crippen LogP contribution in [0.15, 0.2) is 36.2 Å². The number of nitrogens with zero attached hydrogens (tertiary/aromatic N) is 1. The number of aliphatic hydroxyl groups is 1. The van der Waals surface area contributed by atoms with Gasteiger partial charge in [-0.1, -0.05) is 12.1 Å². The van der Waals surface area contributed by atoms with Gasteiger partial charge < -0.3 is 21.2 Å². The lowest BCUT2D eigenvalue weighted by Gasteiger charge is -2.42. The van der Waals surface area contributed by atoms with Crippen molar-refractivity contribution in [2.45, 2.75) is 43.1 Å². The molecular weight excluding hydrogens is 359 g/mol. The minimum atomic E-state index is -4.53. The fourth-order valence-corrected chi connectivity index (χ4v) is 3.07. The Hall–Kier alpha value is -1.91. The van der Waals surface area contributed by atoms with Gasteiger partial charge in [-0.3, -0.25) is 0 Å². The molecule has 0 bridgehead atoms. The molecule has 1 aromatic carbocycles. The van der Waals surface area contributed by atoms with E-state index in [4.69, 9.17) is 11.6 Å². The second-order valence-corrected chi connectivity index (χ2v) is 6.47. The van der Waals surface area contributed by atoms with E-state index in [0.717, 1.165) is 29.3 Å². The van der Waals surface area contributed by atoms with Gasteiger partial charge in [-0.15, -0.1) is 0 Å². The van der Waals surface area contributed by atoms with Crippen molar-refractivity contribution in [3.63, 3.8) is 0 Å². The van der Waals surface area contributed by atoms with Crippen molar-refractivity contribution in [3.05, 3.63) is 47.3 Å². The van der Waals surface area contributed by atoms with E-state index < -0.39 is 35.8 Å². The summed E-state index contributed by atoms with van der Waals surface area (Å²) >= 11 is 0. The SMILES string of the molecule is CN(N)/C=C(\N)C1CC(O)(c2ccc(C(F)(F)F)cc2)CC(C(F)F)N1. The van der Waals surface area contributed by atoms with Crippen molar-refractivity contribution < 1.29 is 27.1 Å². The van der Waals surface area contributed by atoms with Gasteiger partial charge in [0.1, 0.15) is 0 Å². The van der Waals surface area contributed by atoms with Crippen LogP contribution in [0.5, 0.6) is 0 Å². The Balaban J connectivity index is 2.34. The Morgan fingerprint density at radius 3 is 2.35 bits per heavy atom. The van der Waals surface area contributed by atoms with Gasteiger partial charge in [0.2, 0.25) is 0 Å². The number of rotatable bonds is 4. The van der Waals surface area contributed by atoms with Crippen LogP contribution in [0.25, 0.3) is 0 Å². The van der Waals surface area contributed by atoms with E-state index >= 15 is 0 Å². The minimum absolute atomic E-state index is 0.0856. The van der Waals surface area contributed by atoms with E-state index in [1.165, 1.54) is 13.2 Å². The Morgan fingerprint density at radius 2 is 1.88 bits per heavy atom. The summed E-state index contributed by atoms with van der Waals surface area (Å²) in [5.74, 6) is 5.46. The van der Waals surface area contributed by atoms with Crippen molar-refractivity contribution in [1.29, 1.82) is 0 Å². The summed E-state index contributed by atoms with van der Waals surface area (Å²) in [4.78, 5) is 0. The van der Waals surface area contributed by atoms with Gasteiger partial charge in [-0.2, -0.15) is 13.2 Å². The zero-order valence-electron chi connectivity index (χ0n) is 14.0. The number of alkyl halides is 5. The smallest absolute Gasteiger partial charge is 0.400 e. The van der Waals surface area contributed by atoms with Crippen LogP contribution in [-0.2, 0) is 11.8 Å². The lowest BCUT2D eigenvalue weighted by atomic mass is 9.78. The molecule has 3 unspecified atom stereocenters. The molecule has 0 amide bonds. The maximum Gasteiger partial charge on any atom is 0.416 e. The third kappa shape index (κ3) is 4.63. The van der Waals surface area contributed by atoms with Crippen molar-refractivity contribution in [3.8, 4) is 0 Å². The summed E-state index contributed by atoms with van der Waals surface area (Å²) in [6.07, 6.45) is -6.45. The molecule has 0 aromatic heterocycles. The predicted octanol–water partition coefficient (Wildman–Crippen LogP) is 1.88. The Labute approximate surface area is 147 Å². The van der Waals surface area contributed by atoms with Crippen LogP contribution in [0.2, 0.25) is 0 Å². The quantitative estimate of drug-likeness (QED) is 0.364. The first kappa shape index (κ1) is 20.4. The van der Waals surface area contributed by atoms with Gasteiger partial charge in [-0.25, -0.2) is 14.6 Å². The first-order chi connectivity index (χ1) is 11.9. The van der Waals surface area contributed by atoms with Gasteiger partial charge in [0, 0.05) is 31.8 Å². The number of hydrazine groups is 1. The minimum Gasteiger partial charge on any atom is -0.400 e. The van der Waals surface area contributed by atoms with Gasteiger partial charge in [-0.05, 0) is 17.7 Å². The molecule has 1 aliphatic rings. The first-order valence-electron chi connectivity index (χ1n) is 7.81. The molecule has 0 saturated carbocycles. The summed E-state index contributed by atoms with van der Waals surface area (Å²) in [5.41, 5.74) is 3.47. The fourth-order valence-electron chi connectivity index (χ4n) is 3.07. The number of halogens is 5. The Bertz CT molecular complexity index is 647. The number of piperidine rings is 1. The van der Waals surface area contributed by atoms with Crippen LogP contribution in [0.1, 0.15) is 24.0 Å². The lowest BCUT2D eigenvalue weighted by Crippen LogP contribution is -2.56. The molecule has 1 heterocycles. The second-order valence-electron chi connectivity index (χ2n) is 6.47. The topological polar surface area (TPSA) is 87.5 Å². The summed E-state index contributed by atoms with van der Waals surface area (Å²) in [5, 5.41) is 14.7. The number of benzene rings is 1. The second kappa shape index (κ2) is 7.37. The average Bonchev–Trinajstić information content (AvgIpc) is 2.53. The highest BCUT2D eigenvalue weighted by molar-refractivity contribution is 5.31. The van der Waals surface area contributed by atoms with Gasteiger partial charge in [0.15, 0.2) is 0 Å². The molecule has 0 aliphatic carbocycles. The summed E-state index contributed by atoms with van der Waals surface area (Å²) in [7, 11) is 1.49. The van der Waals surface area contributed by atoms with E-state index in [9.17, 15) is 27.1 Å². The van der Waals surface area contributed by atoms with Crippen LogP contribution in [0, 0.1) is 0 Å². The van der Waals surface area contributed by atoms with Crippen LogP contribution in [0.3, 0.4) is 0 Å². The van der Waals surface area contributed by atoms with Crippen molar-refractivity contribution in [1.82, 2.24) is 10.3 Å². The van der Waals surface area contributed by atoms with Gasteiger partial charge in [0.05, 0.1) is 23.2 Å². The van der Waals surface area contributed by atoms with Crippen molar-refractivity contribution >= 4 is 0 Å². The highest BCUT2D eigenvalue weighted by Crippen LogP contribution is 2.39. The zero-order valence-corrected chi connectivity index (χ0v) is 14.0. The molecule has 10 heteroatoms. The number of hydrogen-bond acceptors (Lipinski definition) is 5. The van der Waals surface area contributed by atoms with Crippen LogP contribution < -0.4 is 16.9 Å². The molecular formula is C16H21F5N4O. The van der Waals surface area contributed by atoms with Gasteiger partial charge in [0.25, 0.3) is 6.43 Å². The molecule has 0 radical (unpaired) electrons. The standard InChI is InChI=1S/C16H21F5N4O/c1-25(23)8-11(22)12-6-15(26,7-13(24-12)14(17)18)9-2-4-10(5-3-9)16(19,20)21/h2-5,8,12-14,24,26H,6-7,22-23H2,1H3/b11-8-. The highest BCUT2D eigenvalue weighted by atomic mass is 19.4. The molecule has 146 valence electrons. The molecule has 5 nitrogen and oxygen atoms in total. The number of nitrogens with two attached hydrogens (primary N) is 2. The summed E-state index contributed by atoms with van der Waals surface area (Å²) in [6.45, 7) is 0. The molecule has 6 N–H and O–H groups in total. The van der Waals surface area contributed by atoms with E-state index in [-0.39, 0.29) is 24.1 Å². The lowest BCUT2D eigenvalue weighted by molar-refractivity contribution is -0.137. The van der Waals surface area contributed by atoms with Gasteiger partial charge >= 0.3 is 6.18 Å². The molecule has 26 heavy (non-hydrogen) atoms. The highest BCUT2D eigenvalue weighted by Gasteiger charge is 2.44. The third-order valence-electron chi connectivity index (χ3n) is 4.32. The molecule has 1 saturated heterocycles. The number of hydrogen-bond donors (Lipinski definition) is 4. The molecule has 1 fully saturated rings. The molecule has 1 aliphatic heterocycles. The monoisotopic (exact) mass is 380 g/mol. The van der Waals surface area contributed by atoms with E-state index in [2.05, 4.69) is 5.32 Å². The maximum atomic E-state index is 13.3. The molecule has 3 atom stereocenters. The maximum absolute atomic E-state index is 13.3. The largest absolute Gasteiger partial charge is 0.416 e. The van der Waals surface area contributed by atoms with Crippen molar-refractivity contribution in [2.24, 2.45) is 11.6 Å². The Kier molecular flexibility index (Phi) is 5.79. The van der Waals surface area contributed by atoms with E-state index in [1.807, 2.05) is 0 Å². The third-order valence-corrected chi connectivity index (χ3v) is 4.32. The fraction of sp³-hybridized carbons (Fsp3) is 0.500. The van der Waals surface area contributed by atoms with Crippen LogP contribution in [-0.4, -0.2) is 35.7 Å².